The van der Waals surface area contributed by atoms with Crippen molar-refractivity contribution in [1.82, 2.24) is 15.6 Å². The topological polar surface area (TPSA) is 69.6 Å². The number of nitrogens with one attached hydrogen (secondary N) is 2. The fourth-order valence-corrected chi connectivity index (χ4v) is 4.50. The van der Waals surface area contributed by atoms with Crippen LogP contribution in [-0.4, -0.2) is 53.6 Å². The van der Waals surface area contributed by atoms with Crippen molar-refractivity contribution in [2.45, 2.75) is 31.6 Å². The largest absolute Gasteiger partial charge is 0.356 e. The lowest BCUT2D eigenvalue weighted by atomic mass is 10.1. The van der Waals surface area contributed by atoms with E-state index in [4.69, 9.17) is 0 Å². The van der Waals surface area contributed by atoms with Gasteiger partial charge in [-0.15, -0.1) is 0 Å². The highest BCUT2D eigenvalue weighted by Crippen LogP contribution is 2.18. The van der Waals surface area contributed by atoms with Gasteiger partial charge in [0.1, 0.15) is 5.82 Å². The molecule has 0 spiro atoms. The van der Waals surface area contributed by atoms with Crippen LogP contribution in [0.2, 0.25) is 0 Å². The molecule has 2 heterocycles. The summed E-state index contributed by atoms with van der Waals surface area (Å²) < 4.78 is 12.3. The molecule has 3 rings (SSSR count). The van der Waals surface area contributed by atoms with Crippen molar-refractivity contribution in [2.24, 2.45) is 4.99 Å². The molecule has 1 aliphatic rings. The summed E-state index contributed by atoms with van der Waals surface area (Å²) in [5.41, 5.74) is 2.17. The van der Waals surface area contributed by atoms with Gasteiger partial charge in [0.15, 0.2) is 5.96 Å². The summed E-state index contributed by atoms with van der Waals surface area (Å²) in [6.07, 6.45) is 2.08. The Morgan fingerprint density at radius 3 is 2.62 bits per heavy atom. The summed E-state index contributed by atoms with van der Waals surface area (Å²) in [5.74, 6) is 3.05. The van der Waals surface area contributed by atoms with Crippen molar-refractivity contribution in [2.75, 3.05) is 37.3 Å². The average molecular weight is 414 g/mol. The number of aryl methyl sites for hydroxylation is 1. The first kappa shape index (κ1) is 21.3. The van der Waals surface area contributed by atoms with E-state index in [2.05, 4.69) is 37.6 Å². The maximum atomic E-state index is 12.3. The van der Waals surface area contributed by atoms with Crippen molar-refractivity contribution in [3.63, 3.8) is 0 Å². The monoisotopic (exact) mass is 413 g/mol. The minimum atomic E-state index is -0.883. The van der Waals surface area contributed by atoms with Crippen LogP contribution in [0.15, 0.2) is 53.5 Å². The predicted octanol–water partition coefficient (Wildman–Crippen LogP) is 2.47. The Labute approximate surface area is 176 Å². The first-order valence-corrected chi connectivity index (χ1v) is 11.7. The van der Waals surface area contributed by atoms with Crippen molar-refractivity contribution in [3.8, 4) is 0 Å². The van der Waals surface area contributed by atoms with E-state index in [1.54, 1.807) is 7.05 Å². The molecule has 29 heavy (non-hydrogen) atoms. The van der Waals surface area contributed by atoms with Crippen LogP contribution >= 0.6 is 0 Å². The molecule has 7 heteroatoms. The minimum absolute atomic E-state index is 0.386. The molecular formula is C22H31N5OS. The summed E-state index contributed by atoms with van der Waals surface area (Å²) in [4.78, 5) is 11.3. The molecule has 0 bridgehead atoms. The van der Waals surface area contributed by atoms with E-state index in [-0.39, 0.29) is 0 Å². The van der Waals surface area contributed by atoms with Crippen LogP contribution in [0.4, 0.5) is 5.82 Å². The molecule has 0 saturated carbocycles. The molecule has 6 nitrogen and oxygen atoms in total. The van der Waals surface area contributed by atoms with Crippen LogP contribution in [0.1, 0.15) is 24.1 Å². The molecule has 1 aromatic heterocycles. The second kappa shape index (κ2) is 11.0. The Hall–Kier alpha value is -2.41. The van der Waals surface area contributed by atoms with Gasteiger partial charge in [0.05, 0.1) is 0 Å². The average Bonchev–Trinajstić information content (AvgIpc) is 2.74. The molecule has 1 aromatic carbocycles. The van der Waals surface area contributed by atoms with Gasteiger partial charge in [-0.05, 0) is 37.5 Å². The highest BCUT2D eigenvalue weighted by molar-refractivity contribution is 7.84. The molecular weight excluding hydrogens is 382 g/mol. The molecule has 156 valence electrons. The Morgan fingerprint density at radius 1 is 1.17 bits per heavy atom. The molecule has 1 unspecified atom stereocenters. The highest BCUT2D eigenvalue weighted by atomic mass is 32.2. The number of anilines is 1. The molecule has 1 aliphatic heterocycles. The quantitative estimate of drug-likeness (QED) is 0.539. The molecule has 1 fully saturated rings. The van der Waals surface area contributed by atoms with Crippen molar-refractivity contribution in [1.29, 1.82) is 0 Å². The van der Waals surface area contributed by atoms with Gasteiger partial charge in [0.2, 0.25) is 0 Å². The number of aromatic nitrogens is 1. The SMILES string of the molecule is CN=C(NCCS(=O)Cc1ccccc1)NC1CCN(c2cccc(C)n2)CC1. The van der Waals surface area contributed by atoms with E-state index in [9.17, 15) is 4.21 Å². The van der Waals surface area contributed by atoms with Crippen molar-refractivity contribution >= 4 is 22.6 Å². The van der Waals surface area contributed by atoms with Crippen LogP contribution in [0.25, 0.3) is 0 Å². The molecule has 1 atom stereocenters. The Morgan fingerprint density at radius 2 is 1.93 bits per heavy atom. The zero-order valence-electron chi connectivity index (χ0n) is 17.3. The van der Waals surface area contributed by atoms with Crippen LogP contribution in [0, 0.1) is 6.92 Å². The lowest BCUT2D eigenvalue weighted by Gasteiger charge is -2.34. The van der Waals surface area contributed by atoms with E-state index in [0.717, 1.165) is 49.0 Å². The first-order chi connectivity index (χ1) is 14.1. The number of nitrogens with zero attached hydrogens (tertiary/aromatic N) is 3. The van der Waals surface area contributed by atoms with E-state index < -0.39 is 10.8 Å². The number of aliphatic imine (C=N–C) groups is 1. The Bertz CT molecular complexity index is 819. The molecule has 2 aromatic rings. The van der Waals surface area contributed by atoms with E-state index in [1.807, 2.05) is 43.3 Å². The van der Waals surface area contributed by atoms with Gasteiger partial charge in [-0.3, -0.25) is 9.20 Å². The number of benzene rings is 1. The summed E-state index contributed by atoms with van der Waals surface area (Å²) in [6, 6.07) is 16.5. The lowest BCUT2D eigenvalue weighted by Crippen LogP contribution is -2.49. The van der Waals surface area contributed by atoms with Gasteiger partial charge in [-0.2, -0.15) is 0 Å². The smallest absolute Gasteiger partial charge is 0.191 e. The van der Waals surface area contributed by atoms with Gasteiger partial charge >= 0.3 is 0 Å². The number of rotatable bonds is 7. The number of pyridine rings is 1. The molecule has 1 saturated heterocycles. The van der Waals surface area contributed by atoms with Crippen molar-refractivity contribution in [3.05, 3.63) is 59.8 Å². The molecule has 0 amide bonds. The third-order valence-corrected chi connectivity index (χ3v) is 6.36. The summed E-state index contributed by atoms with van der Waals surface area (Å²) in [6.45, 7) is 4.63. The van der Waals surface area contributed by atoms with E-state index in [0.29, 0.717) is 24.1 Å². The maximum Gasteiger partial charge on any atom is 0.191 e. The van der Waals surface area contributed by atoms with Crippen LogP contribution in [-0.2, 0) is 16.6 Å². The zero-order chi connectivity index (χ0) is 20.5. The van der Waals surface area contributed by atoms with E-state index >= 15 is 0 Å². The standard InChI is InChI=1S/C22H31N5OS/c1-18-7-6-10-21(25-18)27-14-11-20(12-15-27)26-22(23-2)24-13-16-29(28)17-19-8-4-3-5-9-19/h3-10,20H,11-17H2,1-2H3,(H2,23,24,26). The lowest BCUT2D eigenvalue weighted by molar-refractivity contribution is 0.460. The first-order valence-electron chi connectivity index (χ1n) is 10.2. The summed E-state index contributed by atoms with van der Waals surface area (Å²) in [5, 5.41) is 6.81. The number of hydrogen-bond acceptors (Lipinski definition) is 4. The maximum absolute atomic E-state index is 12.3. The van der Waals surface area contributed by atoms with Crippen LogP contribution in [0.3, 0.4) is 0 Å². The van der Waals surface area contributed by atoms with Crippen LogP contribution in [0.5, 0.6) is 0 Å². The van der Waals surface area contributed by atoms with Gasteiger partial charge < -0.3 is 15.5 Å². The van der Waals surface area contributed by atoms with Crippen LogP contribution < -0.4 is 15.5 Å². The highest BCUT2D eigenvalue weighted by Gasteiger charge is 2.21. The third kappa shape index (κ3) is 6.85. The molecule has 2 N–H and O–H groups in total. The van der Waals surface area contributed by atoms with Gasteiger partial charge in [-0.1, -0.05) is 36.4 Å². The fraction of sp³-hybridized carbons (Fsp3) is 0.455. The van der Waals surface area contributed by atoms with E-state index in [1.165, 1.54) is 0 Å². The van der Waals surface area contributed by atoms with Gasteiger partial charge in [0, 0.05) is 60.7 Å². The zero-order valence-corrected chi connectivity index (χ0v) is 18.1. The van der Waals surface area contributed by atoms with Gasteiger partial charge in [0.25, 0.3) is 0 Å². The second-order valence-corrected chi connectivity index (χ2v) is 8.89. The minimum Gasteiger partial charge on any atom is -0.356 e. The van der Waals surface area contributed by atoms with Gasteiger partial charge in [-0.25, -0.2) is 4.98 Å². The Kier molecular flexibility index (Phi) is 8.04. The number of guanidine groups is 1. The number of hydrogen-bond donors (Lipinski definition) is 2. The second-order valence-electron chi connectivity index (χ2n) is 7.32. The normalized spacial score (nSPS) is 16.5. The summed E-state index contributed by atoms with van der Waals surface area (Å²) >= 11 is 0. The van der Waals surface area contributed by atoms with Crippen molar-refractivity contribution < 1.29 is 4.21 Å². The third-order valence-electron chi connectivity index (χ3n) is 5.05. The number of piperidine rings is 1. The summed E-state index contributed by atoms with van der Waals surface area (Å²) in [7, 11) is 0.897. The fourth-order valence-electron chi connectivity index (χ4n) is 3.46. The molecule has 0 radical (unpaired) electrons. The predicted molar refractivity (Wildman–Crippen MR) is 122 cm³/mol. The Balaban J connectivity index is 1.38. The molecule has 0 aliphatic carbocycles.